The van der Waals surface area contributed by atoms with Gasteiger partial charge in [-0.1, -0.05) is 12.1 Å². The van der Waals surface area contributed by atoms with Crippen LogP contribution in [-0.4, -0.2) is 62.7 Å². The van der Waals surface area contributed by atoms with Crippen molar-refractivity contribution in [3.63, 3.8) is 0 Å². The SMILES string of the molecule is CN1CCN(Cc2ccc(NCC3CCNCC3)cc2)CC1. The molecule has 0 unspecified atom stereocenters. The van der Waals surface area contributed by atoms with Gasteiger partial charge >= 0.3 is 0 Å². The Morgan fingerprint density at radius 2 is 1.73 bits per heavy atom. The third-order valence-electron chi connectivity index (χ3n) is 5.01. The van der Waals surface area contributed by atoms with Crippen LogP contribution >= 0.6 is 0 Å². The first-order valence-electron chi connectivity index (χ1n) is 8.74. The molecule has 2 aliphatic heterocycles. The van der Waals surface area contributed by atoms with Gasteiger partial charge in [0.15, 0.2) is 0 Å². The number of nitrogens with one attached hydrogen (secondary N) is 2. The van der Waals surface area contributed by atoms with Crippen LogP contribution in [0, 0.1) is 5.92 Å². The third-order valence-corrected chi connectivity index (χ3v) is 5.01. The topological polar surface area (TPSA) is 30.5 Å². The molecular formula is C18H30N4. The number of rotatable bonds is 5. The van der Waals surface area contributed by atoms with Crippen LogP contribution in [0.4, 0.5) is 5.69 Å². The van der Waals surface area contributed by atoms with Gasteiger partial charge in [0.05, 0.1) is 0 Å². The molecule has 0 aromatic heterocycles. The van der Waals surface area contributed by atoms with Crippen molar-refractivity contribution >= 4 is 5.69 Å². The molecule has 1 aromatic rings. The van der Waals surface area contributed by atoms with Crippen LogP contribution in [0.3, 0.4) is 0 Å². The highest BCUT2D eigenvalue weighted by Crippen LogP contribution is 2.16. The van der Waals surface area contributed by atoms with Crippen molar-refractivity contribution in [3.05, 3.63) is 29.8 Å². The van der Waals surface area contributed by atoms with E-state index in [2.05, 4.69) is 51.7 Å². The lowest BCUT2D eigenvalue weighted by atomic mass is 9.98. The van der Waals surface area contributed by atoms with E-state index in [4.69, 9.17) is 0 Å². The minimum Gasteiger partial charge on any atom is -0.385 e. The van der Waals surface area contributed by atoms with Crippen molar-refractivity contribution in [2.75, 3.05) is 58.2 Å². The average molecular weight is 302 g/mol. The number of piperazine rings is 1. The Balaban J connectivity index is 1.43. The first-order chi connectivity index (χ1) is 10.8. The largest absolute Gasteiger partial charge is 0.385 e. The van der Waals surface area contributed by atoms with Gasteiger partial charge in [-0.05, 0) is 56.6 Å². The molecule has 2 saturated heterocycles. The maximum Gasteiger partial charge on any atom is 0.0340 e. The van der Waals surface area contributed by atoms with Crippen molar-refractivity contribution in [3.8, 4) is 0 Å². The summed E-state index contributed by atoms with van der Waals surface area (Å²) in [5.74, 6) is 0.825. The zero-order valence-electron chi connectivity index (χ0n) is 13.9. The molecule has 0 radical (unpaired) electrons. The number of piperidine rings is 1. The van der Waals surface area contributed by atoms with E-state index in [1.807, 2.05) is 0 Å². The lowest BCUT2D eigenvalue weighted by molar-refractivity contribution is 0.148. The summed E-state index contributed by atoms with van der Waals surface area (Å²) in [6.07, 6.45) is 2.60. The summed E-state index contributed by atoms with van der Waals surface area (Å²) < 4.78 is 0. The lowest BCUT2D eigenvalue weighted by Crippen LogP contribution is -2.43. The smallest absolute Gasteiger partial charge is 0.0340 e. The van der Waals surface area contributed by atoms with E-state index in [-0.39, 0.29) is 0 Å². The molecule has 122 valence electrons. The summed E-state index contributed by atoms with van der Waals surface area (Å²) in [7, 11) is 2.21. The molecule has 0 spiro atoms. The Labute approximate surface area is 134 Å². The molecule has 2 N–H and O–H groups in total. The van der Waals surface area contributed by atoms with Crippen LogP contribution in [0.2, 0.25) is 0 Å². The van der Waals surface area contributed by atoms with Crippen molar-refractivity contribution in [2.24, 2.45) is 5.92 Å². The zero-order valence-corrected chi connectivity index (χ0v) is 13.9. The number of hydrogen-bond donors (Lipinski definition) is 2. The maximum absolute atomic E-state index is 3.60. The van der Waals surface area contributed by atoms with Gasteiger partial charge in [0.1, 0.15) is 0 Å². The fourth-order valence-electron chi connectivity index (χ4n) is 3.34. The summed E-state index contributed by atoms with van der Waals surface area (Å²) in [6, 6.07) is 9.05. The number of anilines is 1. The molecule has 2 heterocycles. The fraction of sp³-hybridized carbons (Fsp3) is 0.667. The van der Waals surface area contributed by atoms with Crippen LogP contribution in [0.25, 0.3) is 0 Å². The second kappa shape index (κ2) is 7.95. The number of benzene rings is 1. The molecule has 0 amide bonds. The van der Waals surface area contributed by atoms with Crippen molar-refractivity contribution < 1.29 is 0 Å². The van der Waals surface area contributed by atoms with Gasteiger partial charge in [-0.25, -0.2) is 0 Å². The van der Waals surface area contributed by atoms with Crippen LogP contribution in [0.1, 0.15) is 18.4 Å². The first-order valence-corrected chi connectivity index (χ1v) is 8.74. The molecule has 22 heavy (non-hydrogen) atoms. The van der Waals surface area contributed by atoms with Gasteiger partial charge in [0.2, 0.25) is 0 Å². The Kier molecular flexibility index (Phi) is 5.70. The Morgan fingerprint density at radius 3 is 2.41 bits per heavy atom. The first kappa shape index (κ1) is 15.8. The van der Waals surface area contributed by atoms with Crippen molar-refractivity contribution in [1.82, 2.24) is 15.1 Å². The molecule has 4 nitrogen and oxygen atoms in total. The highest BCUT2D eigenvalue weighted by atomic mass is 15.2. The van der Waals surface area contributed by atoms with E-state index in [0.29, 0.717) is 0 Å². The molecule has 4 heteroatoms. The van der Waals surface area contributed by atoms with Gasteiger partial charge < -0.3 is 15.5 Å². The minimum atomic E-state index is 0.825. The van der Waals surface area contributed by atoms with Gasteiger partial charge in [-0.3, -0.25) is 4.90 Å². The maximum atomic E-state index is 3.60. The molecule has 2 aliphatic rings. The number of hydrogen-bond acceptors (Lipinski definition) is 4. The van der Waals surface area contributed by atoms with E-state index in [0.717, 1.165) is 19.0 Å². The van der Waals surface area contributed by atoms with Gasteiger partial charge in [0, 0.05) is 45.0 Å². The molecule has 3 rings (SSSR count). The fourth-order valence-corrected chi connectivity index (χ4v) is 3.34. The third kappa shape index (κ3) is 4.70. The van der Waals surface area contributed by atoms with Gasteiger partial charge in [0.25, 0.3) is 0 Å². The lowest BCUT2D eigenvalue weighted by Gasteiger charge is -2.32. The minimum absolute atomic E-state index is 0.825. The van der Waals surface area contributed by atoms with Crippen LogP contribution < -0.4 is 10.6 Å². The highest BCUT2D eigenvalue weighted by molar-refractivity contribution is 5.44. The number of likely N-dealkylation sites (N-methyl/N-ethyl adjacent to an activating group) is 1. The van der Waals surface area contributed by atoms with E-state index in [1.54, 1.807) is 0 Å². The summed E-state index contributed by atoms with van der Waals surface area (Å²) >= 11 is 0. The summed E-state index contributed by atoms with van der Waals surface area (Å²) in [4.78, 5) is 4.96. The quantitative estimate of drug-likeness (QED) is 0.869. The summed E-state index contributed by atoms with van der Waals surface area (Å²) in [6.45, 7) is 9.30. The van der Waals surface area contributed by atoms with Crippen LogP contribution in [0.5, 0.6) is 0 Å². The van der Waals surface area contributed by atoms with E-state index < -0.39 is 0 Å². The van der Waals surface area contributed by atoms with Gasteiger partial charge in [-0.2, -0.15) is 0 Å². The molecule has 1 aromatic carbocycles. The number of nitrogens with zero attached hydrogens (tertiary/aromatic N) is 2. The average Bonchev–Trinajstić information content (AvgIpc) is 2.57. The Hall–Kier alpha value is -1.10. The zero-order chi connectivity index (χ0) is 15.2. The second-order valence-corrected chi connectivity index (χ2v) is 6.85. The van der Waals surface area contributed by atoms with Crippen molar-refractivity contribution in [2.45, 2.75) is 19.4 Å². The Bertz CT molecular complexity index is 431. The van der Waals surface area contributed by atoms with Crippen LogP contribution in [0.15, 0.2) is 24.3 Å². The molecule has 2 fully saturated rings. The monoisotopic (exact) mass is 302 g/mol. The van der Waals surface area contributed by atoms with E-state index in [1.165, 1.54) is 63.4 Å². The van der Waals surface area contributed by atoms with E-state index >= 15 is 0 Å². The predicted molar refractivity (Wildman–Crippen MR) is 93.3 cm³/mol. The molecular weight excluding hydrogens is 272 g/mol. The highest BCUT2D eigenvalue weighted by Gasteiger charge is 2.14. The second-order valence-electron chi connectivity index (χ2n) is 6.85. The Morgan fingerprint density at radius 1 is 1.05 bits per heavy atom. The summed E-state index contributed by atoms with van der Waals surface area (Å²) in [5.41, 5.74) is 2.69. The van der Waals surface area contributed by atoms with Crippen molar-refractivity contribution in [1.29, 1.82) is 0 Å². The molecule has 0 atom stereocenters. The normalized spacial score (nSPS) is 21.9. The summed E-state index contributed by atoms with van der Waals surface area (Å²) in [5, 5.41) is 7.03. The standard InChI is InChI=1S/C18H30N4/c1-21-10-12-22(13-11-21)15-17-2-4-18(5-3-17)20-14-16-6-8-19-9-7-16/h2-5,16,19-20H,6-15H2,1H3. The molecule has 0 saturated carbocycles. The molecule has 0 aliphatic carbocycles. The van der Waals surface area contributed by atoms with Crippen LogP contribution in [-0.2, 0) is 6.54 Å². The predicted octanol–water partition coefficient (Wildman–Crippen LogP) is 1.85. The van der Waals surface area contributed by atoms with E-state index in [9.17, 15) is 0 Å². The molecule has 0 bridgehead atoms. The van der Waals surface area contributed by atoms with Gasteiger partial charge in [-0.15, -0.1) is 0 Å².